The van der Waals surface area contributed by atoms with Gasteiger partial charge in [-0.1, -0.05) is 23.7 Å². The van der Waals surface area contributed by atoms with Gasteiger partial charge in [0.15, 0.2) is 6.61 Å². The molecule has 0 atom stereocenters. The number of rotatable bonds is 5. The summed E-state index contributed by atoms with van der Waals surface area (Å²) in [5.41, 5.74) is 1.01. The highest BCUT2D eigenvalue weighted by molar-refractivity contribution is 6.30. The quantitative estimate of drug-likeness (QED) is 0.888. The largest absolute Gasteiger partial charge is 0.484 e. The number of amides is 2. The Morgan fingerprint density at radius 1 is 1.04 bits per heavy atom. The van der Waals surface area contributed by atoms with E-state index in [1.807, 2.05) is 4.90 Å². The van der Waals surface area contributed by atoms with Crippen molar-refractivity contribution in [2.45, 2.75) is 12.8 Å². The van der Waals surface area contributed by atoms with Crippen molar-refractivity contribution in [3.63, 3.8) is 0 Å². The SMILES string of the molecule is O=C(COc1ccc(Cl)cc1)Nc1ccccc1C(=O)N1CCCC1. The molecule has 1 aliphatic rings. The van der Waals surface area contributed by atoms with Crippen molar-refractivity contribution in [2.24, 2.45) is 0 Å². The van der Waals surface area contributed by atoms with Gasteiger partial charge in [0.2, 0.25) is 0 Å². The summed E-state index contributed by atoms with van der Waals surface area (Å²) in [7, 11) is 0. The second-order valence-electron chi connectivity index (χ2n) is 5.84. The van der Waals surface area contributed by atoms with Crippen LogP contribution < -0.4 is 10.1 Å². The fourth-order valence-electron chi connectivity index (χ4n) is 2.74. The van der Waals surface area contributed by atoms with Crippen LogP contribution in [-0.4, -0.2) is 36.4 Å². The number of carbonyl (C=O) groups is 2. The Morgan fingerprint density at radius 2 is 1.72 bits per heavy atom. The molecular weight excluding hydrogens is 340 g/mol. The molecule has 0 spiro atoms. The number of nitrogens with zero attached hydrogens (tertiary/aromatic N) is 1. The van der Waals surface area contributed by atoms with Gasteiger partial charge in [0.1, 0.15) is 5.75 Å². The number of carbonyl (C=O) groups excluding carboxylic acids is 2. The first kappa shape index (κ1) is 17.3. The molecule has 5 nitrogen and oxygen atoms in total. The van der Waals surface area contributed by atoms with Gasteiger partial charge in [-0.25, -0.2) is 0 Å². The molecule has 1 fully saturated rings. The lowest BCUT2D eigenvalue weighted by Crippen LogP contribution is -2.29. The van der Waals surface area contributed by atoms with Crippen molar-refractivity contribution in [2.75, 3.05) is 25.0 Å². The van der Waals surface area contributed by atoms with Crippen molar-refractivity contribution in [3.05, 3.63) is 59.1 Å². The molecule has 1 saturated heterocycles. The minimum atomic E-state index is -0.323. The molecule has 0 radical (unpaired) electrons. The fraction of sp³-hybridized carbons (Fsp3) is 0.263. The van der Waals surface area contributed by atoms with Crippen molar-refractivity contribution in [3.8, 4) is 5.75 Å². The van der Waals surface area contributed by atoms with E-state index in [0.29, 0.717) is 22.0 Å². The Labute approximate surface area is 151 Å². The van der Waals surface area contributed by atoms with Crippen LogP contribution in [-0.2, 0) is 4.79 Å². The second-order valence-corrected chi connectivity index (χ2v) is 6.27. The highest BCUT2D eigenvalue weighted by atomic mass is 35.5. The fourth-order valence-corrected chi connectivity index (χ4v) is 2.86. The number of hydrogen-bond acceptors (Lipinski definition) is 3. The average molecular weight is 359 g/mol. The molecular formula is C19H19ClN2O3. The van der Waals surface area contributed by atoms with E-state index in [-0.39, 0.29) is 18.4 Å². The summed E-state index contributed by atoms with van der Waals surface area (Å²) >= 11 is 5.81. The Kier molecular flexibility index (Phi) is 5.56. The van der Waals surface area contributed by atoms with Crippen molar-refractivity contribution in [1.29, 1.82) is 0 Å². The van der Waals surface area contributed by atoms with Gasteiger partial charge in [-0.15, -0.1) is 0 Å². The van der Waals surface area contributed by atoms with Gasteiger partial charge in [0, 0.05) is 18.1 Å². The van der Waals surface area contributed by atoms with E-state index < -0.39 is 0 Å². The third-order valence-electron chi connectivity index (χ3n) is 4.01. The van der Waals surface area contributed by atoms with Crippen LogP contribution in [0.2, 0.25) is 5.02 Å². The molecule has 25 heavy (non-hydrogen) atoms. The molecule has 1 N–H and O–H groups in total. The maximum atomic E-state index is 12.6. The Balaban J connectivity index is 1.62. The molecule has 0 aliphatic carbocycles. The number of anilines is 1. The van der Waals surface area contributed by atoms with Gasteiger partial charge in [-0.05, 0) is 49.2 Å². The van der Waals surface area contributed by atoms with Crippen LogP contribution in [0.4, 0.5) is 5.69 Å². The molecule has 6 heteroatoms. The van der Waals surface area contributed by atoms with Gasteiger partial charge in [-0.2, -0.15) is 0 Å². The smallest absolute Gasteiger partial charge is 0.262 e. The summed E-state index contributed by atoms with van der Waals surface area (Å²) in [6.45, 7) is 1.38. The molecule has 1 heterocycles. The average Bonchev–Trinajstić information content (AvgIpc) is 3.16. The van der Waals surface area contributed by atoms with E-state index in [9.17, 15) is 9.59 Å². The zero-order valence-electron chi connectivity index (χ0n) is 13.7. The lowest BCUT2D eigenvalue weighted by atomic mass is 10.1. The van der Waals surface area contributed by atoms with Crippen LogP contribution in [0.15, 0.2) is 48.5 Å². The number of nitrogens with one attached hydrogen (secondary N) is 1. The first-order valence-corrected chi connectivity index (χ1v) is 8.58. The third kappa shape index (κ3) is 4.51. The van der Waals surface area contributed by atoms with Gasteiger partial charge in [-0.3, -0.25) is 9.59 Å². The lowest BCUT2D eigenvalue weighted by Gasteiger charge is -2.18. The van der Waals surface area contributed by atoms with Crippen LogP contribution in [0.3, 0.4) is 0 Å². The highest BCUT2D eigenvalue weighted by Crippen LogP contribution is 2.20. The predicted molar refractivity (Wildman–Crippen MR) is 97.2 cm³/mol. The van der Waals surface area contributed by atoms with Crippen LogP contribution in [0, 0.1) is 0 Å². The highest BCUT2D eigenvalue weighted by Gasteiger charge is 2.22. The number of hydrogen-bond donors (Lipinski definition) is 1. The number of ether oxygens (including phenoxy) is 1. The van der Waals surface area contributed by atoms with Crippen molar-refractivity contribution < 1.29 is 14.3 Å². The predicted octanol–water partition coefficient (Wildman–Crippen LogP) is 3.59. The van der Waals surface area contributed by atoms with Crippen LogP contribution >= 0.6 is 11.6 Å². The number of para-hydroxylation sites is 1. The zero-order valence-corrected chi connectivity index (χ0v) is 14.5. The van der Waals surface area contributed by atoms with E-state index in [1.54, 1.807) is 48.5 Å². The zero-order chi connectivity index (χ0) is 17.6. The molecule has 2 aromatic carbocycles. The normalized spacial score (nSPS) is 13.6. The molecule has 0 aromatic heterocycles. The molecule has 0 unspecified atom stereocenters. The number of likely N-dealkylation sites (tertiary alicyclic amines) is 1. The minimum Gasteiger partial charge on any atom is -0.484 e. The summed E-state index contributed by atoms with van der Waals surface area (Å²) < 4.78 is 5.43. The summed E-state index contributed by atoms with van der Waals surface area (Å²) in [4.78, 5) is 26.6. The van der Waals surface area contributed by atoms with Crippen LogP contribution in [0.5, 0.6) is 5.75 Å². The van der Waals surface area contributed by atoms with E-state index in [4.69, 9.17) is 16.3 Å². The lowest BCUT2D eigenvalue weighted by molar-refractivity contribution is -0.118. The van der Waals surface area contributed by atoms with Gasteiger partial charge >= 0.3 is 0 Å². The summed E-state index contributed by atoms with van der Waals surface area (Å²) in [5, 5.41) is 3.36. The van der Waals surface area contributed by atoms with Gasteiger partial charge < -0.3 is 15.0 Å². The molecule has 130 valence electrons. The Morgan fingerprint density at radius 3 is 2.44 bits per heavy atom. The van der Waals surface area contributed by atoms with E-state index >= 15 is 0 Å². The number of halogens is 1. The molecule has 3 rings (SSSR count). The Hall–Kier alpha value is -2.53. The van der Waals surface area contributed by atoms with E-state index in [0.717, 1.165) is 25.9 Å². The van der Waals surface area contributed by atoms with Gasteiger partial charge in [0.25, 0.3) is 11.8 Å². The van der Waals surface area contributed by atoms with Crippen molar-refractivity contribution in [1.82, 2.24) is 4.90 Å². The number of benzene rings is 2. The van der Waals surface area contributed by atoms with E-state index in [2.05, 4.69) is 5.32 Å². The first-order chi connectivity index (χ1) is 12.1. The second kappa shape index (κ2) is 8.03. The van der Waals surface area contributed by atoms with Gasteiger partial charge in [0.05, 0.1) is 11.3 Å². The Bertz CT molecular complexity index is 756. The molecule has 0 saturated carbocycles. The van der Waals surface area contributed by atoms with Crippen LogP contribution in [0.25, 0.3) is 0 Å². The summed E-state index contributed by atoms with van der Waals surface area (Å²) in [6.07, 6.45) is 2.05. The molecule has 2 aromatic rings. The summed E-state index contributed by atoms with van der Waals surface area (Å²) in [6, 6.07) is 13.8. The third-order valence-corrected chi connectivity index (χ3v) is 4.26. The van der Waals surface area contributed by atoms with Crippen molar-refractivity contribution >= 4 is 29.1 Å². The van der Waals surface area contributed by atoms with E-state index in [1.165, 1.54) is 0 Å². The molecule has 0 bridgehead atoms. The molecule has 1 aliphatic heterocycles. The monoisotopic (exact) mass is 358 g/mol. The maximum Gasteiger partial charge on any atom is 0.262 e. The minimum absolute atomic E-state index is 0.0491. The topological polar surface area (TPSA) is 58.6 Å². The summed E-state index contributed by atoms with van der Waals surface area (Å²) in [5.74, 6) is 0.185. The van der Waals surface area contributed by atoms with Crippen LogP contribution in [0.1, 0.15) is 23.2 Å². The standard InChI is InChI=1S/C19H19ClN2O3/c20-14-7-9-15(10-8-14)25-13-18(23)21-17-6-2-1-5-16(17)19(24)22-11-3-4-12-22/h1-2,5-10H,3-4,11-13H2,(H,21,23). The molecule has 2 amide bonds. The first-order valence-electron chi connectivity index (χ1n) is 8.20. The maximum absolute atomic E-state index is 12.6.